The molecule has 0 spiro atoms. The number of anilines is 1. The molecule has 4 N–H and O–H groups in total. The second-order valence-corrected chi connectivity index (χ2v) is 5.53. The van der Waals surface area contributed by atoms with Crippen molar-refractivity contribution < 1.29 is 9.72 Å². The lowest BCUT2D eigenvalue weighted by molar-refractivity contribution is -0.383. The van der Waals surface area contributed by atoms with Crippen LogP contribution in [0.15, 0.2) is 18.2 Å². The molecule has 7 heteroatoms. The molecule has 0 radical (unpaired) electrons. The van der Waals surface area contributed by atoms with Gasteiger partial charge in [-0.2, -0.15) is 0 Å². The van der Waals surface area contributed by atoms with E-state index in [1.54, 1.807) is 7.05 Å². The number of nitro benzene ring substituents is 1. The number of benzene rings is 1. The van der Waals surface area contributed by atoms with E-state index in [4.69, 9.17) is 11.5 Å². The van der Waals surface area contributed by atoms with Crippen molar-refractivity contribution in [3.63, 3.8) is 0 Å². The summed E-state index contributed by atoms with van der Waals surface area (Å²) in [6.45, 7) is 4.74. The molecule has 7 nitrogen and oxygen atoms in total. The minimum Gasteiger partial charge on any atom is -0.393 e. The van der Waals surface area contributed by atoms with Crippen LogP contribution < -0.4 is 11.5 Å². The Balaban J connectivity index is 3.04. The standard InChI is InChI=1S/C13H20N4O3/c1-13(2,7-14)8-16(3)12(18)9-5-4-6-10(11(9)15)17(19)20/h4-6H,7-8,14-15H2,1-3H3. The molecule has 0 fully saturated rings. The van der Waals surface area contributed by atoms with Crippen LogP contribution in [0.3, 0.4) is 0 Å². The van der Waals surface area contributed by atoms with Gasteiger partial charge >= 0.3 is 0 Å². The Morgan fingerprint density at radius 3 is 2.55 bits per heavy atom. The van der Waals surface area contributed by atoms with Gasteiger partial charge in [0.2, 0.25) is 0 Å². The second-order valence-electron chi connectivity index (χ2n) is 5.53. The first-order chi connectivity index (χ1) is 9.19. The molecule has 0 atom stereocenters. The Bertz CT molecular complexity index is 528. The van der Waals surface area contributed by atoms with Crippen molar-refractivity contribution in [2.45, 2.75) is 13.8 Å². The summed E-state index contributed by atoms with van der Waals surface area (Å²) in [7, 11) is 1.62. The molecule has 0 bridgehead atoms. The van der Waals surface area contributed by atoms with E-state index >= 15 is 0 Å². The molecule has 0 heterocycles. The Morgan fingerprint density at radius 2 is 2.05 bits per heavy atom. The van der Waals surface area contributed by atoms with Gasteiger partial charge in [0.15, 0.2) is 0 Å². The number of amides is 1. The molecule has 0 saturated carbocycles. The molecule has 1 aromatic carbocycles. The average molecular weight is 280 g/mol. The molecule has 0 aliphatic heterocycles. The Morgan fingerprint density at radius 1 is 1.45 bits per heavy atom. The van der Waals surface area contributed by atoms with Gasteiger partial charge in [-0.1, -0.05) is 19.9 Å². The second kappa shape index (κ2) is 5.87. The maximum atomic E-state index is 12.3. The number of nitrogen functional groups attached to an aromatic ring is 1. The van der Waals surface area contributed by atoms with Crippen molar-refractivity contribution in [3.8, 4) is 0 Å². The van der Waals surface area contributed by atoms with Gasteiger partial charge in [0.1, 0.15) is 5.69 Å². The van der Waals surface area contributed by atoms with E-state index in [-0.39, 0.29) is 28.3 Å². The number of nitro groups is 1. The first-order valence-corrected chi connectivity index (χ1v) is 6.18. The maximum Gasteiger partial charge on any atom is 0.292 e. The van der Waals surface area contributed by atoms with Crippen LogP contribution in [0.1, 0.15) is 24.2 Å². The third-order valence-corrected chi connectivity index (χ3v) is 3.07. The summed E-state index contributed by atoms with van der Waals surface area (Å²) in [6.07, 6.45) is 0. The zero-order valence-corrected chi connectivity index (χ0v) is 11.9. The summed E-state index contributed by atoms with van der Waals surface area (Å²) in [4.78, 5) is 24.0. The molecular weight excluding hydrogens is 260 g/mol. The van der Waals surface area contributed by atoms with Crippen LogP contribution >= 0.6 is 0 Å². The smallest absolute Gasteiger partial charge is 0.292 e. The third-order valence-electron chi connectivity index (χ3n) is 3.07. The summed E-state index contributed by atoms with van der Waals surface area (Å²) < 4.78 is 0. The minimum atomic E-state index is -0.601. The van der Waals surface area contributed by atoms with E-state index in [9.17, 15) is 14.9 Å². The number of nitrogens with two attached hydrogens (primary N) is 2. The maximum absolute atomic E-state index is 12.3. The van der Waals surface area contributed by atoms with Gasteiger partial charge < -0.3 is 16.4 Å². The lowest BCUT2D eigenvalue weighted by Gasteiger charge is -2.29. The number of hydrogen-bond donors (Lipinski definition) is 2. The van der Waals surface area contributed by atoms with Crippen LogP contribution in [0.4, 0.5) is 11.4 Å². The molecular formula is C13H20N4O3. The van der Waals surface area contributed by atoms with Gasteiger partial charge in [-0.3, -0.25) is 14.9 Å². The largest absolute Gasteiger partial charge is 0.393 e. The van der Waals surface area contributed by atoms with E-state index in [2.05, 4.69) is 0 Å². The Labute approximate surface area is 117 Å². The lowest BCUT2D eigenvalue weighted by atomic mass is 9.93. The molecule has 20 heavy (non-hydrogen) atoms. The highest BCUT2D eigenvalue weighted by Gasteiger charge is 2.25. The molecule has 0 saturated heterocycles. The number of nitrogens with zero attached hydrogens (tertiary/aromatic N) is 2. The van der Waals surface area contributed by atoms with E-state index in [0.717, 1.165) is 0 Å². The van der Waals surface area contributed by atoms with E-state index in [1.807, 2.05) is 13.8 Å². The molecule has 0 unspecified atom stereocenters. The van der Waals surface area contributed by atoms with Crippen LogP contribution in [-0.2, 0) is 0 Å². The summed E-state index contributed by atoms with van der Waals surface area (Å²) >= 11 is 0. The highest BCUT2D eigenvalue weighted by atomic mass is 16.6. The molecule has 0 aliphatic rings. The first-order valence-electron chi connectivity index (χ1n) is 6.18. The normalized spacial score (nSPS) is 11.2. The monoisotopic (exact) mass is 280 g/mol. The minimum absolute atomic E-state index is 0.111. The first kappa shape index (κ1) is 15.9. The molecule has 0 aromatic heterocycles. The summed E-state index contributed by atoms with van der Waals surface area (Å²) in [5, 5.41) is 10.8. The average Bonchev–Trinajstić information content (AvgIpc) is 2.37. The highest BCUT2D eigenvalue weighted by molar-refractivity contribution is 6.00. The fourth-order valence-electron chi connectivity index (χ4n) is 1.88. The van der Waals surface area contributed by atoms with Crippen molar-refractivity contribution >= 4 is 17.3 Å². The predicted octanol–water partition coefficient (Wildman–Crippen LogP) is 1.23. The summed E-state index contributed by atoms with van der Waals surface area (Å²) in [6, 6.07) is 4.20. The third kappa shape index (κ3) is 3.45. The highest BCUT2D eigenvalue weighted by Crippen LogP contribution is 2.26. The number of para-hydroxylation sites is 1. The van der Waals surface area contributed by atoms with Crippen molar-refractivity contribution in [3.05, 3.63) is 33.9 Å². The van der Waals surface area contributed by atoms with E-state index < -0.39 is 4.92 Å². The van der Waals surface area contributed by atoms with Gasteiger partial charge in [0.05, 0.1) is 10.5 Å². The molecule has 110 valence electrons. The SMILES string of the molecule is CN(CC(C)(C)CN)C(=O)c1cccc([N+](=O)[O-])c1N. The number of carbonyl (C=O) groups is 1. The fraction of sp³-hybridized carbons (Fsp3) is 0.462. The van der Waals surface area contributed by atoms with E-state index in [0.29, 0.717) is 13.1 Å². The van der Waals surface area contributed by atoms with Crippen molar-refractivity contribution in [1.82, 2.24) is 4.90 Å². The topological polar surface area (TPSA) is 115 Å². The van der Waals surface area contributed by atoms with Crippen LogP contribution in [0.5, 0.6) is 0 Å². The van der Waals surface area contributed by atoms with Gasteiger partial charge in [-0.15, -0.1) is 0 Å². The zero-order valence-electron chi connectivity index (χ0n) is 11.9. The summed E-state index contributed by atoms with van der Waals surface area (Å²) in [5.41, 5.74) is 10.9. The van der Waals surface area contributed by atoms with Crippen LogP contribution in [-0.4, -0.2) is 35.9 Å². The Kier molecular flexibility index (Phi) is 4.67. The van der Waals surface area contributed by atoms with Gasteiger partial charge in [-0.05, 0) is 18.0 Å². The molecule has 1 rings (SSSR count). The van der Waals surface area contributed by atoms with Gasteiger partial charge in [0.25, 0.3) is 11.6 Å². The van der Waals surface area contributed by atoms with Crippen LogP contribution in [0.2, 0.25) is 0 Å². The van der Waals surface area contributed by atoms with Crippen molar-refractivity contribution in [2.75, 3.05) is 25.9 Å². The fourth-order valence-corrected chi connectivity index (χ4v) is 1.88. The number of carbonyl (C=O) groups excluding carboxylic acids is 1. The predicted molar refractivity (Wildman–Crippen MR) is 77.3 cm³/mol. The van der Waals surface area contributed by atoms with Gasteiger partial charge in [-0.25, -0.2) is 0 Å². The van der Waals surface area contributed by atoms with E-state index in [1.165, 1.54) is 23.1 Å². The van der Waals surface area contributed by atoms with Crippen LogP contribution in [0, 0.1) is 15.5 Å². The zero-order chi connectivity index (χ0) is 15.5. The quantitative estimate of drug-likeness (QED) is 0.478. The summed E-state index contributed by atoms with van der Waals surface area (Å²) in [5.74, 6) is -0.354. The number of rotatable bonds is 5. The lowest BCUT2D eigenvalue weighted by Crippen LogP contribution is -2.40. The number of hydrogen-bond acceptors (Lipinski definition) is 5. The van der Waals surface area contributed by atoms with Crippen LogP contribution in [0.25, 0.3) is 0 Å². The molecule has 1 aromatic rings. The molecule has 1 amide bonds. The molecule has 0 aliphatic carbocycles. The van der Waals surface area contributed by atoms with Gasteiger partial charge in [0, 0.05) is 19.7 Å². The van der Waals surface area contributed by atoms with Crippen molar-refractivity contribution in [2.24, 2.45) is 11.1 Å². The van der Waals surface area contributed by atoms with Crippen molar-refractivity contribution in [1.29, 1.82) is 0 Å². The Hall–Kier alpha value is -2.15.